The van der Waals surface area contributed by atoms with Crippen molar-refractivity contribution >= 4 is 5.69 Å². The van der Waals surface area contributed by atoms with Crippen LogP contribution in [-0.2, 0) is 25.6 Å². The van der Waals surface area contributed by atoms with Crippen LogP contribution in [0.2, 0.25) is 0 Å². The van der Waals surface area contributed by atoms with Crippen LogP contribution in [-0.4, -0.2) is 49.8 Å². The minimum absolute atomic E-state index is 0.0126. The fraction of sp³-hybridized carbons (Fsp3) is 0.429. The third-order valence-corrected chi connectivity index (χ3v) is 4.86. The first-order valence-corrected chi connectivity index (χ1v) is 9.31. The highest BCUT2D eigenvalue weighted by Gasteiger charge is 2.47. The van der Waals surface area contributed by atoms with Crippen LogP contribution >= 0.6 is 0 Å². The molecule has 0 aromatic heterocycles. The van der Waals surface area contributed by atoms with Crippen LogP contribution in [0.1, 0.15) is 12.5 Å². The molecule has 1 aliphatic rings. The van der Waals surface area contributed by atoms with E-state index in [0.717, 1.165) is 5.56 Å². The van der Waals surface area contributed by atoms with E-state index in [1.54, 1.807) is 14.2 Å². The number of nitrogens with zero attached hydrogens (tertiary/aromatic N) is 1. The Hall–Kier alpha value is -2.52. The SMILES string of the molecule is CO[C@H]1[C@H](OCc2ccccc2)[C@@H](Oc2ccc([N+](=O)[O-])cc2)O[C@@H](C)[C@H]1OC. The van der Waals surface area contributed by atoms with Gasteiger partial charge in [0.1, 0.15) is 24.1 Å². The maximum Gasteiger partial charge on any atom is 0.269 e. The predicted octanol–water partition coefficient (Wildman–Crippen LogP) is 3.33. The van der Waals surface area contributed by atoms with Crippen molar-refractivity contribution in [1.82, 2.24) is 0 Å². The van der Waals surface area contributed by atoms with Gasteiger partial charge < -0.3 is 23.7 Å². The molecule has 1 aliphatic heterocycles. The Morgan fingerprint density at radius 1 is 0.966 bits per heavy atom. The topological polar surface area (TPSA) is 89.3 Å². The van der Waals surface area contributed by atoms with Gasteiger partial charge in [-0.15, -0.1) is 0 Å². The Morgan fingerprint density at radius 2 is 1.62 bits per heavy atom. The van der Waals surface area contributed by atoms with Gasteiger partial charge in [0.25, 0.3) is 5.69 Å². The van der Waals surface area contributed by atoms with E-state index in [-0.39, 0.29) is 17.9 Å². The first-order valence-electron chi connectivity index (χ1n) is 9.31. The van der Waals surface area contributed by atoms with Crippen molar-refractivity contribution in [3.63, 3.8) is 0 Å². The molecule has 0 spiro atoms. The molecular formula is C21H25NO7. The molecule has 0 saturated carbocycles. The second-order valence-corrected chi connectivity index (χ2v) is 6.74. The van der Waals surface area contributed by atoms with Crippen molar-refractivity contribution < 1.29 is 28.6 Å². The molecule has 3 rings (SSSR count). The number of rotatable bonds is 8. The van der Waals surface area contributed by atoms with Crippen LogP contribution in [0.25, 0.3) is 0 Å². The molecule has 1 heterocycles. The Morgan fingerprint density at radius 3 is 2.21 bits per heavy atom. The van der Waals surface area contributed by atoms with Crippen LogP contribution in [0.5, 0.6) is 5.75 Å². The zero-order valence-electron chi connectivity index (χ0n) is 16.6. The number of hydrogen-bond acceptors (Lipinski definition) is 7. The smallest absolute Gasteiger partial charge is 0.269 e. The lowest BCUT2D eigenvalue weighted by Gasteiger charge is -2.44. The summed E-state index contributed by atoms with van der Waals surface area (Å²) in [6.07, 6.45) is -2.40. The molecule has 0 aliphatic carbocycles. The van der Waals surface area contributed by atoms with Crippen LogP contribution < -0.4 is 4.74 Å². The first kappa shape index (κ1) is 21.2. The molecule has 0 radical (unpaired) electrons. The zero-order valence-corrected chi connectivity index (χ0v) is 16.6. The second kappa shape index (κ2) is 9.80. The Bertz CT molecular complexity index is 783. The van der Waals surface area contributed by atoms with E-state index in [4.69, 9.17) is 23.7 Å². The van der Waals surface area contributed by atoms with Crippen LogP contribution in [0.3, 0.4) is 0 Å². The Balaban J connectivity index is 1.79. The van der Waals surface area contributed by atoms with E-state index < -0.39 is 23.4 Å². The highest BCUT2D eigenvalue weighted by Crippen LogP contribution is 2.30. The number of nitro benzene ring substituents is 1. The van der Waals surface area contributed by atoms with Crippen LogP contribution in [0, 0.1) is 10.1 Å². The minimum atomic E-state index is -0.772. The van der Waals surface area contributed by atoms with Gasteiger partial charge in [-0.1, -0.05) is 30.3 Å². The maximum absolute atomic E-state index is 10.9. The Kier molecular flexibility index (Phi) is 7.16. The van der Waals surface area contributed by atoms with Crippen molar-refractivity contribution in [3.8, 4) is 5.75 Å². The fourth-order valence-corrected chi connectivity index (χ4v) is 3.38. The summed E-state index contributed by atoms with van der Waals surface area (Å²) in [6, 6.07) is 15.6. The molecule has 29 heavy (non-hydrogen) atoms. The number of nitro groups is 1. The van der Waals surface area contributed by atoms with E-state index in [1.165, 1.54) is 24.3 Å². The van der Waals surface area contributed by atoms with E-state index in [1.807, 2.05) is 37.3 Å². The molecule has 5 atom stereocenters. The van der Waals surface area contributed by atoms with Crippen molar-refractivity contribution in [2.45, 2.75) is 44.2 Å². The Labute approximate surface area is 169 Å². The molecule has 0 unspecified atom stereocenters. The normalized spacial score (nSPS) is 26.8. The molecule has 8 heteroatoms. The van der Waals surface area contributed by atoms with Crippen molar-refractivity contribution in [2.24, 2.45) is 0 Å². The molecule has 156 valence electrons. The lowest BCUT2D eigenvalue weighted by atomic mass is 9.99. The number of methoxy groups -OCH3 is 2. The summed E-state index contributed by atoms with van der Waals surface area (Å²) >= 11 is 0. The van der Waals surface area contributed by atoms with Gasteiger partial charge in [-0.25, -0.2) is 0 Å². The monoisotopic (exact) mass is 403 g/mol. The van der Waals surface area contributed by atoms with Gasteiger partial charge in [-0.2, -0.15) is 0 Å². The molecule has 2 aromatic rings. The zero-order chi connectivity index (χ0) is 20.8. The van der Waals surface area contributed by atoms with Gasteiger partial charge in [-0.05, 0) is 24.6 Å². The maximum atomic E-state index is 10.9. The van der Waals surface area contributed by atoms with Crippen molar-refractivity contribution in [3.05, 3.63) is 70.3 Å². The molecule has 8 nitrogen and oxygen atoms in total. The summed E-state index contributed by atoms with van der Waals surface area (Å²) in [6.45, 7) is 2.22. The summed E-state index contributed by atoms with van der Waals surface area (Å²) in [5.41, 5.74) is 0.991. The van der Waals surface area contributed by atoms with Crippen LogP contribution in [0.4, 0.5) is 5.69 Å². The van der Waals surface area contributed by atoms with Gasteiger partial charge in [0.2, 0.25) is 6.29 Å². The average molecular weight is 403 g/mol. The number of non-ortho nitro benzene ring substituents is 1. The third-order valence-electron chi connectivity index (χ3n) is 4.86. The van der Waals surface area contributed by atoms with Crippen molar-refractivity contribution in [2.75, 3.05) is 14.2 Å². The molecule has 0 bridgehead atoms. The van der Waals surface area contributed by atoms with Gasteiger partial charge in [0, 0.05) is 26.4 Å². The van der Waals surface area contributed by atoms with E-state index in [0.29, 0.717) is 12.4 Å². The molecule has 1 saturated heterocycles. The van der Waals surface area contributed by atoms with E-state index >= 15 is 0 Å². The largest absolute Gasteiger partial charge is 0.462 e. The summed E-state index contributed by atoms with van der Waals surface area (Å²) in [5.74, 6) is 0.437. The second-order valence-electron chi connectivity index (χ2n) is 6.74. The van der Waals surface area contributed by atoms with Gasteiger partial charge in [0.15, 0.2) is 0 Å². The summed E-state index contributed by atoms with van der Waals surface area (Å²) in [5, 5.41) is 10.9. The first-order chi connectivity index (χ1) is 14.0. The summed E-state index contributed by atoms with van der Waals surface area (Å²) < 4.78 is 29.4. The quantitative estimate of drug-likeness (QED) is 0.493. The number of hydrogen-bond donors (Lipinski definition) is 0. The number of ether oxygens (including phenoxy) is 5. The summed E-state index contributed by atoms with van der Waals surface area (Å²) in [4.78, 5) is 10.4. The van der Waals surface area contributed by atoms with E-state index in [2.05, 4.69) is 0 Å². The lowest BCUT2D eigenvalue weighted by molar-refractivity contribution is -0.384. The van der Waals surface area contributed by atoms with E-state index in [9.17, 15) is 10.1 Å². The lowest BCUT2D eigenvalue weighted by Crippen LogP contribution is -2.60. The predicted molar refractivity (Wildman–Crippen MR) is 105 cm³/mol. The van der Waals surface area contributed by atoms with Crippen molar-refractivity contribution in [1.29, 1.82) is 0 Å². The molecule has 2 aromatic carbocycles. The average Bonchev–Trinajstić information content (AvgIpc) is 2.73. The molecule has 0 N–H and O–H groups in total. The molecule has 1 fully saturated rings. The molecular weight excluding hydrogens is 378 g/mol. The highest BCUT2D eigenvalue weighted by atomic mass is 16.7. The van der Waals surface area contributed by atoms with Gasteiger partial charge >= 0.3 is 0 Å². The molecule has 0 amide bonds. The standard InChI is InChI=1S/C21H25NO7/c1-14-18(25-2)19(26-3)20(27-13-15-7-5-4-6-8-15)21(28-14)29-17-11-9-16(10-12-17)22(23)24/h4-12,14,18-21H,13H2,1-3H3/t14-,18+,19+,20-,21+/m0/s1. The van der Waals surface area contributed by atoms with Crippen LogP contribution in [0.15, 0.2) is 54.6 Å². The number of benzene rings is 2. The summed E-state index contributed by atoms with van der Waals surface area (Å²) in [7, 11) is 3.19. The van der Waals surface area contributed by atoms with Gasteiger partial charge in [0.05, 0.1) is 17.6 Å². The third kappa shape index (κ3) is 5.10. The fourth-order valence-electron chi connectivity index (χ4n) is 3.38. The highest BCUT2D eigenvalue weighted by molar-refractivity contribution is 5.36. The van der Waals surface area contributed by atoms with Gasteiger partial charge in [-0.3, -0.25) is 10.1 Å². The minimum Gasteiger partial charge on any atom is -0.462 e.